The van der Waals surface area contributed by atoms with Crippen LogP contribution in [0.25, 0.3) is 10.9 Å². The lowest BCUT2D eigenvalue weighted by Gasteiger charge is -2.22. The molecule has 2 aromatic carbocycles. The first-order valence-electron chi connectivity index (χ1n) is 12.5. The normalized spacial score (nSPS) is 11.0. The predicted molar refractivity (Wildman–Crippen MR) is 143 cm³/mol. The van der Waals surface area contributed by atoms with E-state index in [1.54, 1.807) is 20.3 Å². The third-order valence-corrected chi connectivity index (χ3v) is 5.99. The van der Waals surface area contributed by atoms with Crippen molar-refractivity contribution in [3.05, 3.63) is 54.1 Å². The van der Waals surface area contributed by atoms with Gasteiger partial charge in [0.15, 0.2) is 11.5 Å². The van der Waals surface area contributed by atoms with Gasteiger partial charge in [-0.15, -0.1) is 0 Å². The number of anilines is 2. The van der Waals surface area contributed by atoms with Crippen molar-refractivity contribution in [1.82, 2.24) is 15.2 Å². The molecule has 1 aromatic heterocycles. The summed E-state index contributed by atoms with van der Waals surface area (Å²) in [7, 11) is 3.21. The van der Waals surface area contributed by atoms with Crippen LogP contribution in [-0.2, 0) is 0 Å². The molecule has 0 bridgehead atoms. The van der Waals surface area contributed by atoms with Gasteiger partial charge in [-0.1, -0.05) is 44.9 Å². The van der Waals surface area contributed by atoms with E-state index >= 15 is 0 Å². The third kappa shape index (κ3) is 7.33. The molecule has 3 rings (SSSR count). The first kappa shape index (κ1) is 26.3. The van der Waals surface area contributed by atoms with Crippen molar-refractivity contribution in [3.63, 3.8) is 0 Å². The zero-order valence-corrected chi connectivity index (χ0v) is 21.4. The Labute approximate surface area is 208 Å². The monoisotopic (exact) mass is 478 g/mol. The maximum absolute atomic E-state index is 13.2. The standard InChI is InChI=1S/C28H38N4O3/c1-5-7-16-32(17-8-6-2)18-15-29-28(33)23-20-27(31-24-12-10-9-11-22(23)24)30-21-13-14-25(34-3)26(19-21)35-4/h9-14,19-20H,5-8,15-18H2,1-4H3,(H,29,33)(H,30,31). The third-order valence-electron chi connectivity index (χ3n) is 5.99. The summed E-state index contributed by atoms with van der Waals surface area (Å²) in [5.41, 5.74) is 2.15. The van der Waals surface area contributed by atoms with Crippen molar-refractivity contribution in [2.75, 3.05) is 45.7 Å². The van der Waals surface area contributed by atoms with Crippen molar-refractivity contribution in [3.8, 4) is 11.5 Å². The minimum atomic E-state index is -0.0927. The summed E-state index contributed by atoms with van der Waals surface area (Å²) in [6.07, 6.45) is 4.71. The first-order chi connectivity index (χ1) is 17.1. The summed E-state index contributed by atoms with van der Waals surface area (Å²) in [5, 5.41) is 7.26. The number of benzene rings is 2. The zero-order valence-electron chi connectivity index (χ0n) is 21.4. The van der Waals surface area contributed by atoms with Crippen LogP contribution in [0.4, 0.5) is 11.5 Å². The molecule has 35 heavy (non-hydrogen) atoms. The number of nitrogens with zero attached hydrogens (tertiary/aromatic N) is 2. The molecular weight excluding hydrogens is 440 g/mol. The number of nitrogens with one attached hydrogen (secondary N) is 2. The molecular formula is C28H38N4O3. The van der Waals surface area contributed by atoms with Crippen molar-refractivity contribution in [2.45, 2.75) is 39.5 Å². The smallest absolute Gasteiger partial charge is 0.252 e. The van der Waals surface area contributed by atoms with Crippen LogP contribution in [0.3, 0.4) is 0 Å². The Bertz CT molecular complexity index is 1090. The van der Waals surface area contributed by atoms with Gasteiger partial charge in [-0.05, 0) is 50.2 Å². The molecule has 0 atom stereocenters. The van der Waals surface area contributed by atoms with Crippen LogP contribution >= 0.6 is 0 Å². The average Bonchev–Trinajstić information content (AvgIpc) is 2.89. The van der Waals surface area contributed by atoms with Crippen LogP contribution < -0.4 is 20.1 Å². The number of aromatic nitrogens is 1. The van der Waals surface area contributed by atoms with E-state index < -0.39 is 0 Å². The quantitative estimate of drug-likeness (QED) is 0.313. The fraction of sp³-hybridized carbons (Fsp3) is 0.429. The van der Waals surface area contributed by atoms with Crippen molar-refractivity contribution >= 4 is 28.3 Å². The van der Waals surface area contributed by atoms with E-state index in [1.165, 1.54) is 25.7 Å². The van der Waals surface area contributed by atoms with Gasteiger partial charge in [-0.2, -0.15) is 0 Å². The fourth-order valence-corrected chi connectivity index (χ4v) is 4.01. The van der Waals surface area contributed by atoms with Crippen LogP contribution in [0.15, 0.2) is 48.5 Å². The average molecular weight is 479 g/mol. The highest BCUT2D eigenvalue weighted by molar-refractivity contribution is 6.07. The summed E-state index contributed by atoms with van der Waals surface area (Å²) in [6, 6.07) is 15.1. The van der Waals surface area contributed by atoms with Crippen LogP contribution in [0.2, 0.25) is 0 Å². The van der Waals surface area contributed by atoms with Crippen LogP contribution in [0.5, 0.6) is 11.5 Å². The van der Waals surface area contributed by atoms with Gasteiger partial charge in [-0.3, -0.25) is 4.79 Å². The maximum Gasteiger partial charge on any atom is 0.252 e. The highest BCUT2D eigenvalue weighted by Crippen LogP contribution is 2.31. The van der Waals surface area contributed by atoms with Gasteiger partial charge in [0.05, 0.1) is 25.3 Å². The second-order valence-electron chi connectivity index (χ2n) is 8.57. The summed E-state index contributed by atoms with van der Waals surface area (Å²) in [5.74, 6) is 1.77. The van der Waals surface area contributed by atoms with Crippen LogP contribution in [0, 0.1) is 0 Å². The number of carbonyl (C=O) groups is 1. The minimum Gasteiger partial charge on any atom is -0.493 e. The highest BCUT2D eigenvalue weighted by atomic mass is 16.5. The Kier molecular flexibility index (Phi) is 10.2. The second kappa shape index (κ2) is 13.5. The largest absolute Gasteiger partial charge is 0.493 e. The van der Waals surface area contributed by atoms with E-state index in [-0.39, 0.29) is 5.91 Å². The Hall–Kier alpha value is -3.32. The van der Waals surface area contributed by atoms with Gasteiger partial charge in [0.25, 0.3) is 5.91 Å². The van der Waals surface area contributed by atoms with Gasteiger partial charge in [0, 0.05) is 30.2 Å². The molecule has 0 fully saturated rings. The molecule has 3 aromatic rings. The van der Waals surface area contributed by atoms with E-state index in [2.05, 4.69) is 29.4 Å². The van der Waals surface area contributed by atoms with Gasteiger partial charge >= 0.3 is 0 Å². The number of ether oxygens (including phenoxy) is 2. The maximum atomic E-state index is 13.2. The van der Waals surface area contributed by atoms with E-state index in [4.69, 9.17) is 14.5 Å². The molecule has 0 saturated heterocycles. The van der Waals surface area contributed by atoms with E-state index in [0.717, 1.165) is 36.2 Å². The number of para-hydroxylation sites is 1. The number of carbonyl (C=O) groups excluding carboxylic acids is 1. The van der Waals surface area contributed by atoms with Crippen LogP contribution in [0.1, 0.15) is 49.9 Å². The lowest BCUT2D eigenvalue weighted by atomic mass is 10.1. The number of hydrogen-bond donors (Lipinski definition) is 2. The Morgan fingerprint density at radius 3 is 2.31 bits per heavy atom. The van der Waals surface area contributed by atoms with Gasteiger partial charge in [0.1, 0.15) is 5.82 Å². The van der Waals surface area contributed by atoms with Gasteiger partial charge in [0.2, 0.25) is 0 Å². The fourth-order valence-electron chi connectivity index (χ4n) is 4.01. The lowest BCUT2D eigenvalue weighted by molar-refractivity contribution is 0.0949. The topological polar surface area (TPSA) is 75.7 Å². The SMILES string of the molecule is CCCCN(CCCC)CCNC(=O)c1cc(Nc2ccc(OC)c(OC)c2)nc2ccccc12. The molecule has 0 unspecified atom stereocenters. The molecule has 7 nitrogen and oxygen atoms in total. The van der Waals surface area contributed by atoms with Crippen molar-refractivity contribution < 1.29 is 14.3 Å². The van der Waals surface area contributed by atoms with Crippen LogP contribution in [-0.4, -0.2) is 56.2 Å². The molecule has 0 radical (unpaired) electrons. The predicted octanol–water partition coefficient (Wildman–Crippen LogP) is 5.63. The summed E-state index contributed by atoms with van der Waals surface area (Å²) in [6.45, 7) is 8.03. The lowest BCUT2D eigenvalue weighted by Crippen LogP contribution is -2.36. The zero-order chi connectivity index (χ0) is 25.0. The van der Waals surface area contributed by atoms with E-state index in [0.29, 0.717) is 29.4 Å². The van der Waals surface area contributed by atoms with Crippen molar-refractivity contribution in [1.29, 1.82) is 0 Å². The number of amides is 1. The Morgan fingerprint density at radius 1 is 0.914 bits per heavy atom. The molecule has 2 N–H and O–H groups in total. The summed E-state index contributed by atoms with van der Waals surface area (Å²) in [4.78, 5) is 20.4. The minimum absolute atomic E-state index is 0.0927. The number of fused-ring (bicyclic) bond motifs is 1. The Balaban J connectivity index is 1.77. The number of rotatable bonds is 14. The molecule has 1 heterocycles. The molecule has 188 valence electrons. The second-order valence-corrected chi connectivity index (χ2v) is 8.57. The van der Waals surface area contributed by atoms with Gasteiger partial charge in [-0.25, -0.2) is 4.98 Å². The van der Waals surface area contributed by atoms with Gasteiger partial charge < -0.3 is 25.0 Å². The number of pyridine rings is 1. The number of unbranched alkanes of at least 4 members (excludes halogenated alkanes) is 2. The van der Waals surface area contributed by atoms with E-state index in [9.17, 15) is 4.79 Å². The van der Waals surface area contributed by atoms with Crippen molar-refractivity contribution in [2.24, 2.45) is 0 Å². The molecule has 0 saturated carbocycles. The molecule has 0 aliphatic carbocycles. The first-order valence-corrected chi connectivity index (χ1v) is 12.5. The summed E-state index contributed by atoms with van der Waals surface area (Å²) < 4.78 is 10.7. The molecule has 7 heteroatoms. The number of methoxy groups -OCH3 is 2. The highest BCUT2D eigenvalue weighted by Gasteiger charge is 2.14. The summed E-state index contributed by atoms with van der Waals surface area (Å²) >= 11 is 0. The molecule has 0 aliphatic heterocycles. The molecule has 1 amide bonds. The van der Waals surface area contributed by atoms with E-state index in [1.807, 2.05) is 42.5 Å². The Morgan fingerprint density at radius 2 is 1.63 bits per heavy atom. The molecule has 0 aliphatic rings. The number of hydrogen-bond acceptors (Lipinski definition) is 6. The molecule has 0 spiro atoms.